The number of hydroxylamine groups is 1. The minimum atomic E-state index is -2.38. The number of carbonyl (C=O) groups excluding carboxylic acids is 3. The van der Waals surface area contributed by atoms with E-state index < -0.39 is 23.4 Å². The quantitative estimate of drug-likeness (QED) is 0.202. The molecule has 0 aliphatic heterocycles. The summed E-state index contributed by atoms with van der Waals surface area (Å²) in [7, 11) is 0. The van der Waals surface area contributed by atoms with Crippen molar-refractivity contribution < 1.29 is 29.4 Å². The average Bonchev–Trinajstić information content (AvgIpc) is 2.37. The molecule has 0 bridgehead atoms. The molecule has 0 aromatic carbocycles. The van der Waals surface area contributed by atoms with E-state index in [9.17, 15) is 19.5 Å². The van der Waals surface area contributed by atoms with E-state index >= 15 is 0 Å². The molecule has 7 heteroatoms. The van der Waals surface area contributed by atoms with Gasteiger partial charge in [0, 0.05) is 6.42 Å². The zero-order chi connectivity index (χ0) is 14.9. The lowest BCUT2D eigenvalue weighted by atomic mass is 9.96. The molecule has 0 radical (unpaired) electrons. The molecule has 0 aromatic rings. The van der Waals surface area contributed by atoms with E-state index in [0.29, 0.717) is 6.42 Å². The molecule has 19 heavy (non-hydrogen) atoms. The van der Waals surface area contributed by atoms with Crippen LogP contribution in [0.5, 0.6) is 0 Å². The summed E-state index contributed by atoms with van der Waals surface area (Å²) in [4.78, 5) is 33.6. The highest BCUT2D eigenvalue weighted by atomic mass is 16.6. The van der Waals surface area contributed by atoms with E-state index in [1.54, 1.807) is 0 Å². The summed E-state index contributed by atoms with van der Waals surface area (Å²) in [5, 5.41) is 17.9. The molecule has 0 aliphatic rings. The molecule has 0 aliphatic carbocycles. The van der Waals surface area contributed by atoms with Crippen molar-refractivity contribution in [2.45, 2.75) is 58.0 Å². The van der Waals surface area contributed by atoms with Crippen molar-refractivity contribution in [3.63, 3.8) is 0 Å². The van der Waals surface area contributed by atoms with Crippen LogP contribution in [0, 0.1) is 0 Å². The molecule has 0 rings (SSSR count). The van der Waals surface area contributed by atoms with Crippen molar-refractivity contribution in [1.82, 2.24) is 5.48 Å². The summed E-state index contributed by atoms with van der Waals surface area (Å²) in [6.45, 7) is 3.03. The fraction of sp³-hybridized carbons (Fsp3) is 0.750. The molecule has 1 amide bonds. The second-order valence-electron chi connectivity index (χ2n) is 4.45. The Labute approximate surface area is 111 Å². The molecule has 3 N–H and O–H groups in total. The van der Waals surface area contributed by atoms with Crippen LogP contribution >= 0.6 is 0 Å². The van der Waals surface area contributed by atoms with Crippen LogP contribution in [-0.2, 0) is 14.3 Å². The molecule has 110 valence electrons. The van der Waals surface area contributed by atoms with Gasteiger partial charge in [0.05, 0.1) is 0 Å². The van der Waals surface area contributed by atoms with Crippen LogP contribution in [0.1, 0.15) is 52.4 Å². The van der Waals surface area contributed by atoms with Crippen LogP contribution in [0.15, 0.2) is 0 Å². The summed E-state index contributed by atoms with van der Waals surface area (Å²) in [5.74, 6) is -2.11. The van der Waals surface area contributed by atoms with Crippen molar-refractivity contribution in [2.24, 2.45) is 0 Å². The van der Waals surface area contributed by atoms with Gasteiger partial charge in [-0.3, -0.25) is 10.0 Å². The van der Waals surface area contributed by atoms with Gasteiger partial charge in [-0.15, -0.1) is 0 Å². The zero-order valence-corrected chi connectivity index (χ0v) is 11.3. The number of hydrogen-bond acceptors (Lipinski definition) is 6. The third kappa shape index (κ3) is 6.30. The maximum atomic E-state index is 11.7. The van der Waals surface area contributed by atoms with Gasteiger partial charge in [-0.25, -0.2) is 15.1 Å². The van der Waals surface area contributed by atoms with Crippen molar-refractivity contribution in [2.75, 3.05) is 0 Å². The molecule has 1 atom stereocenters. The second-order valence-corrected chi connectivity index (χ2v) is 4.45. The summed E-state index contributed by atoms with van der Waals surface area (Å²) in [6, 6.07) is 0. The lowest BCUT2D eigenvalue weighted by Crippen LogP contribution is -2.46. The van der Waals surface area contributed by atoms with Crippen LogP contribution in [-0.4, -0.2) is 33.8 Å². The smallest absolute Gasteiger partial charge is 0.372 e. The average molecular weight is 275 g/mol. The first-order valence-electron chi connectivity index (χ1n) is 6.28. The molecule has 0 aromatic heterocycles. The van der Waals surface area contributed by atoms with Gasteiger partial charge in [0.25, 0.3) is 0 Å². The number of esters is 1. The largest absolute Gasteiger partial charge is 0.438 e. The second kappa shape index (κ2) is 8.60. The molecule has 0 fully saturated rings. The van der Waals surface area contributed by atoms with Gasteiger partial charge in [-0.05, 0) is 13.3 Å². The van der Waals surface area contributed by atoms with Crippen LogP contribution in [0.25, 0.3) is 0 Å². The van der Waals surface area contributed by atoms with E-state index in [0.717, 1.165) is 38.1 Å². The number of hydrogen-bond donors (Lipinski definition) is 3. The van der Waals surface area contributed by atoms with Gasteiger partial charge in [0.2, 0.25) is 5.60 Å². The Morgan fingerprint density at radius 3 is 2.26 bits per heavy atom. The van der Waals surface area contributed by atoms with E-state index in [2.05, 4.69) is 11.7 Å². The maximum absolute atomic E-state index is 11.7. The number of ether oxygens (including phenoxy) is 1. The maximum Gasteiger partial charge on any atom is 0.438 e. The number of rotatable bonds is 8. The van der Waals surface area contributed by atoms with Gasteiger partial charge in [-0.1, -0.05) is 32.6 Å². The topological polar surface area (TPSA) is 113 Å². The highest BCUT2D eigenvalue weighted by Crippen LogP contribution is 2.14. The first kappa shape index (κ1) is 17.5. The third-order valence-electron chi connectivity index (χ3n) is 2.72. The van der Waals surface area contributed by atoms with Gasteiger partial charge < -0.3 is 9.84 Å². The minimum Gasteiger partial charge on any atom is -0.372 e. The van der Waals surface area contributed by atoms with E-state index in [1.807, 2.05) is 0 Å². The monoisotopic (exact) mass is 275 g/mol. The lowest BCUT2D eigenvalue weighted by molar-refractivity contribution is -0.163. The summed E-state index contributed by atoms with van der Waals surface area (Å²) in [5.41, 5.74) is -1.31. The predicted octanol–water partition coefficient (Wildman–Crippen LogP) is 1.31. The minimum absolute atomic E-state index is 0.0343. The molecular weight excluding hydrogens is 254 g/mol. The van der Waals surface area contributed by atoms with Crippen molar-refractivity contribution in [1.29, 1.82) is 0 Å². The van der Waals surface area contributed by atoms with Crippen LogP contribution in [0.3, 0.4) is 0 Å². The standard InChI is InChI=1S/C12H21NO6/c1-3-4-5-6-7-8-9(14)12(2,17)10(15)19-11(16)13-18/h17-18H,3-8H2,1-2H3,(H,13,16). The highest BCUT2D eigenvalue weighted by Gasteiger charge is 2.40. The van der Waals surface area contributed by atoms with Crippen molar-refractivity contribution in [3.05, 3.63) is 0 Å². The highest BCUT2D eigenvalue weighted by molar-refractivity contribution is 6.08. The van der Waals surface area contributed by atoms with Crippen LogP contribution in [0.4, 0.5) is 4.79 Å². The van der Waals surface area contributed by atoms with Gasteiger partial charge in [0.15, 0.2) is 5.78 Å². The number of amides is 1. The number of Topliss-reactive ketones (excluding diaryl/α,β-unsaturated/α-hetero) is 1. The lowest BCUT2D eigenvalue weighted by Gasteiger charge is -2.18. The summed E-state index contributed by atoms with van der Waals surface area (Å²) >= 11 is 0. The number of aliphatic hydroxyl groups is 1. The molecule has 0 saturated carbocycles. The fourth-order valence-electron chi connectivity index (χ4n) is 1.45. The molecule has 1 unspecified atom stereocenters. The number of nitrogens with one attached hydrogen (secondary N) is 1. The molecule has 7 nitrogen and oxygen atoms in total. The molecule has 0 spiro atoms. The Hall–Kier alpha value is -1.47. The summed E-state index contributed by atoms with van der Waals surface area (Å²) < 4.78 is 4.02. The Morgan fingerprint density at radius 2 is 1.74 bits per heavy atom. The van der Waals surface area contributed by atoms with E-state index in [-0.39, 0.29) is 6.42 Å². The Bertz CT molecular complexity index is 326. The fourth-order valence-corrected chi connectivity index (χ4v) is 1.45. The first-order chi connectivity index (χ1) is 8.86. The first-order valence-corrected chi connectivity index (χ1v) is 6.28. The number of unbranched alkanes of at least 4 members (excludes halogenated alkanes) is 4. The normalized spacial score (nSPS) is 13.5. The Balaban J connectivity index is 4.19. The van der Waals surface area contributed by atoms with Gasteiger partial charge in [-0.2, -0.15) is 0 Å². The Kier molecular flexibility index (Phi) is 7.94. The van der Waals surface area contributed by atoms with E-state index in [1.165, 1.54) is 0 Å². The SMILES string of the molecule is CCCCCCCC(=O)C(C)(O)C(=O)OC(=O)NO. The molecule has 0 heterocycles. The molecule has 0 saturated heterocycles. The van der Waals surface area contributed by atoms with Crippen molar-refractivity contribution >= 4 is 17.8 Å². The number of carbonyl (C=O) groups is 3. The summed E-state index contributed by atoms with van der Waals surface area (Å²) in [6.07, 6.45) is 3.13. The molecular formula is C12H21NO6. The van der Waals surface area contributed by atoms with Gasteiger partial charge >= 0.3 is 12.1 Å². The van der Waals surface area contributed by atoms with Crippen LogP contribution < -0.4 is 5.48 Å². The van der Waals surface area contributed by atoms with Gasteiger partial charge in [0.1, 0.15) is 0 Å². The number of ketones is 1. The van der Waals surface area contributed by atoms with Crippen molar-refractivity contribution in [3.8, 4) is 0 Å². The van der Waals surface area contributed by atoms with E-state index in [4.69, 9.17) is 5.21 Å². The Morgan fingerprint density at radius 1 is 1.16 bits per heavy atom. The third-order valence-corrected chi connectivity index (χ3v) is 2.72. The van der Waals surface area contributed by atoms with Crippen LogP contribution in [0.2, 0.25) is 0 Å². The predicted molar refractivity (Wildman–Crippen MR) is 65.4 cm³/mol. The zero-order valence-electron chi connectivity index (χ0n) is 11.3.